The molecule has 0 aromatic rings. The lowest BCUT2D eigenvalue weighted by Gasteiger charge is -1.93. The standard InChI is InChI=1S/C8H12N2O2.H2O/c11-7-9-5-3-1-2-4-6-10-8-12;/h1-6H2;1H2. The molecule has 0 aliphatic heterocycles. The maximum atomic E-state index is 9.63. The third kappa shape index (κ3) is 13.7. The van der Waals surface area contributed by atoms with Crippen LogP contribution in [0.25, 0.3) is 0 Å². The second kappa shape index (κ2) is 13.3. The number of nitrogens with zero attached hydrogens (tertiary/aromatic N) is 2. The van der Waals surface area contributed by atoms with Gasteiger partial charge in [0.1, 0.15) is 0 Å². The van der Waals surface area contributed by atoms with Gasteiger partial charge in [-0.25, -0.2) is 19.6 Å². The molecule has 0 aromatic carbocycles. The fourth-order valence-corrected chi connectivity index (χ4v) is 0.827. The average Bonchev–Trinajstić information content (AvgIpc) is 2.10. The first-order chi connectivity index (χ1) is 5.91. The topological polar surface area (TPSA) is 90.4 Å². The third-order valence-corrected chi connectivity index (χ3v) is 1.42. The molecule has 5 heteroatoms. The number of unbranched alkanes of at least 4 members (excludes halogenated alkanes) is 3. The fourth-order valence-electron chi connectivity index (χ4n) is 0.827. The van der Waals surface area contributed by atoms with Crippen molar-refractivity contribution in [3.05, 3.63) is 0 Å². The van der Waals surface area contributed by atoms with Crippen LogP contribution in [-0.2, 0) is 9.59 Å². The summed E-state index contributed by atoms with van der Waals surface area (Å²) in [5, 5.41) is 0. The van der Waals surface area contributed by atoms with Crippen LogP contribution in [0.4, 0.5) is 0 Å². The summed E-state index contributed by atoms with van der Waals surface area (Å²) in [6, 6.07) is 0. The van der Waals surface area contributed by atoms with Gasteiger partial charge in [0.15, 0.2) is 0 Å². The Bertz CT molecular complexity index is 172. The predicted molar refractivity (Wildman–Crippen MR) is 48.1 cm³/mol. The second-order valence-corrected chi connectivity index (χ2v) is 2.36. The zero-order valence-corrected chi connectivity index (χ0v) is 7.45. The zero-order valence-electron chi connectivity index (χ0n) is 7.45. The number of aliphatic imine (C=N–C) groups is 2. The maximum absolute atomic E-state index is 9.63. The van der Waals surface area contributed by atoms with Gasteiger partial charge in [0, 0.05) is 0 Å². The van der Waals surface area contributed by atoms with Gasteiger partial charge < -0.3 is 5.48 Å². The number of carbonyl (C=O) groups excluding carboxylic acids is 2. The van der Waals surface area contributed by atoms with Gasteiger partial charge in [-0.15, -0.1) is 0 Å². The van der Waals surface area contributed by atoms with Crippen LogP contribution in [0.5, 0.6) is 0 Å². The van der Waals surface area contributed by atoms with Crippen LogP contribution in [0.3, 0.4) is 0 Å². The SMILES string of the molecule is O.O=C=NCCCCCCN=C=O. The van der Waals surface area contributed by atoms with Crippen molar-refractivity contribution < 1.29 is 15.1 Å². The van der Waals surface area contributed by atoms with Crippen molar-refractivity contribution in [3.8, 4) is 0 Å². The first-order valence-electron chi connectivity index (χ1n) is 3.99. The number of hydrogen-bond acceptors (Lipinski definition) is 4. The van der Waals surface area contributed by atoms with E-state index in [1.165, 1.54) is 12.2 Å². The molecule has 0 heterocycles. The van der Waals surface area contributed by atoms with Gasteiger partial charge in [-0.1, -0.05) is 12.8 Å². The average molecular weight is 186 g/mol. The van der Waals surface area contributed by atoms with E-state index in [9.17, 15) is 9.59 Å². The van der Waals surface area contributed by atoms with Crippen molar-refractivity contribution in [3.63, 3.8) is 0 Å². The highest BCUT2D eigenvalue weighted by Gasteiger charge is 1.87. The third-order valence-electron chi connectivity index (χ3n) is 1.42. The summed E-state index contributed by atoms with van der Waals surface area (Å²) in [5.41, 5.74) is 0. The monoisotopic (exact) mass is 186 g/mol. The molecular weight excluding hydrogens is 172 g/mol. The van der Waals surface area contributed by atoms with E-state index in [0.29, 0.717) is 13.1 Å². The number of rotatable bonds is 7. The Hall–Kier alpha value is -1.28. The zero-order chi connectivity index (χ0) is 9.07. The quantitative estimate of drug-likeness (QED) is 0.327. The Kier molecular flexibility index (Phi) is 14.6. The van der Waals surface area contributed by atoms with E-state index in [4.69, 9.17) is 0 Å². The van der Waals surface area contributed by atoms with Gasteiger partial charge in [-0.3, -0.25) is 0 Å². The van der Waals surface area contributed by atoms with Gasteiger partial charge in [0.2, 0.25) is 12.2 Å². The Balaban J connectivity index is 0. The molecule has 0 atom stereocenters. The number of isocyanates is 2. The van der Waals surface area contributed by atoms with Gasteiger partial charge in [0.25, 0.3) is 0 Å². The molecule has 0 bridgehead atoms. The molecule has 2 N–H and O–H groups in total. The molecule has 0 spiro atoms. The summed E-state index contributed by atoms with van der Waals surface area (Å²) < 4.78 is 0. The summed E-state index contributed by atoms with van der Waals surface area (Å²) in [4.78, 5) is 26.1. The highest BCUT2D eigenvalue weighted by Crippen LogP contribution is 1.99. The molecule has 74 valence electrons. The largest absolute Gasteiger partial charge is 0.412 e. The van der Waals surface area contributed by atoms with Crippen LogP contribution >= 0.6 is 0 Å². The van der Waals surface area contributed by atoms with E-state index in [-0.39, 0.29) is 5.48 Å². The van der Waals surface area contributed by atoms with Crippen molar-refractivity contribution in [2.24, 2.45) is 9.98 Å². The molecule has 0 rings (SSSR count). The molecule has 0 fully saturated rings. The van der Waals surface area contributed by atoms with Crippen LogP contribution in [0, 0.1) is 0 Å². The summed E-state index contributed by atoms with van der Waals surface area (Å²) in [6.07, 6.45) is 6.80. The van der Waals surface area contributed by atoms with Gasteiger partial charge in [0.05, 0.1) is 13.1 Å². The summed E-state index contributed by atoms with van der Waals surface area (Å²) >= 11 is 0. The van der Waals surface area contributed by atoms with Gasteiger partial charge in [-0.05, 0) is 12.8 Å². The van der Waals surface area contributed by atoms with E-state index in [2.05, 4.69) is 9.98 Å². The van der Waals surface area contributed by atoms with Crippen LogP contribution in [0.2, 0.25) is 0 Å². The number of hydrogen-bond donors (Lipinski definition) is 0. The molecule has 0 saturated heterocycles. The molecule has 0 aliphatic carbocycles. The van der Waals surface area contributed by atoms with Crippen molar-refractivity contribution in [2.75, 3.05) is 13.1 Å². The Morgan fingerprint density at radius 3 is 1.46 bits per heavy atom. The lowest BCUT2D eigenvalue weighted by Crippen LogP contribution is -1.84. The molecule has 0 aromatic heterocycles. The minimum Gasteiger partial charge on any atom is -0.412 e. The van der Waals surface area contributed by atoms with E-state index < -0.39 is 0 Å². The van der Waals surface area contributed by atoms with Gasteiger partial charge >= 0.3 is 0 Å². The highest BCUT2D eigenvalue weighted by atomic mass is 16.1. The summed E-state index contributed by atoms with van der Waals surface area (Å²) in [6.45, 7) is 1.11. The summed E-state index contributed by atoms with van der Waals surface area (Å²) in [7, 11) is 0. The Labute approximate surface area is 76.9 Å². The smallest absolute Gasteiger partial charge is 0.234 e. The van der Waals surface area contributed by atoms with Crippen molar-refractivity contribution in [1.29, 1.82) is 0 Å². The lowest BCUT2D eigenvalue weighted by atomic mass is 10.2. The minimum atomic E-state index is 0. The lowest BCUT2D eigenvalue weighted by molar-refractivity contribution is 0.558. The molecule has 0 amide bonds. The van der Waals surface area contributed by atoms with Crippen LogP contribution in [0.1, 0.15) is 25.7 Å². The fraction of sp³-hybridized carbons (Fsp3) is 0.750. The summed E-state index contributed by atoms with van der Waals surface area (Å²) in [5.74, 6) is 0. The Morgan fingerprint density at radius 2 is 1.15 bits per heavy atom. The molecule has 0 unspecified atom stereocenters. The molecule has 5 nitrogen and oxygen atoms in total. The van der Waals surface area contributed by atoms with Gasteiger partial charge in [-0.2, -0.15) is 0 Å². The first kappa shape index (κ1) is 14.3. The van der Waals surface area contributed by atoms with Crippen LogP contribution in [-0.4, -0.2) is 30.7 Å². The van der Waals surface area contributed by atoms with Crippen LogP contribution < -0.4 is 0 Å². The second-order valence-electron chi connectivity index (χ2n) is 2.36. The van der Waals surface area contributed by atoms with E-state index in [0.717, 1.165) is 25.7 Å². The molecule has 0 saturated carbocycles. The Morgan fingerprint density at radius 1 is 0.769 bits per heavy atom. The predicted octanol–water partition coefficient (Wildman–Crippen LogP) is 0.394. The van der Waals surface area contributed by atoms with Crippen molar-refractivity contribution in [1.82, 2.24) is 0 Å². The van der Waals surface area contributed by atoms with Crippen molar-refractivity contribution in [2.45, 2.75) is 25.7 Å². The van der Waals surface area contributed by atoms with Crippen molar-refractivity contribution >= 4 is 12.2 Å². The maximum Gasteiger partial charge on any atom is 0.234 e. The minimum absolute atomic E-state index is 0. The van der Waals surface area contributed by atoms with Crippen LogP contribution in [0.15, 0.2) is 9.98 Å². The first-order valence-corrected chi connectivity index (χ1v) is 3.99. The van der Waals surface area contributed by atoms with E-state index in [1.807, 2.05) is 0 Å². The molecule has 0 aliphatic rings. The highest BCUT2D eigenvalue weighted by molar-refractivity contribution is 5.32. The van der Waals surface area contributed by atoms with E-state index >= 15 is 0 Å². The molecular formula is C8H14N2O3. The molecule has 0 radical (unpaired) electrons. The normalized spacial score (nSPS) is 7.69. The van der Waals surface area contributed by atoms with E-state index in [1.54, 1.807) is 0 Å². The molecule has 13 heavy (non-hydrogen) atoms.